The summed E-state index contributed by atoms with van der Waals surface area (Å²) in [5.41, 5.74) is 32.0. The van der Waals surface area contributed by atoms with Gasteiger partial charge >= 0.3 is 0 Å². The maximum atomic E-state index is 9.59. The van der Waals surface area contributed by atoms with Gasteiger partial charge in [-0.3, -0.25) is 0 Å². The molecule has 0 aliphatic carbocycles. The number of anilines is 12. The van der Waals surface area contributed by atoms with Crippen LogP contribution in [0.2, 0.25) is 0 Å². The van der Waals surface area contributed by atoms with Gasteiger partial charge < -0.3 is 37.2 Å². The number of rotatable bonds is 14. The van der Waals surface area contributed by atoms with Crippen molar-refractivity contribution in [2.24, 2.45) is 0 Å². The molecule has 0 unspecified atom stereocenters. The van der Waals surface area contributed by atoms with Crippen molar-refractivity contribution in [3.63, 3.8) is 0 Å². The largest absolute Gasteiger partial charge is 0.456 e. The zero-order valence-corrected chi connectivity index (χ0v) is 80.1. The maximum absolute atomic E-state index is 9.59. The van der Waals surface area contributed by atoms with Crippen LogP contribution in [0.3, 0.4) is 0 Å². The molecule has 28 rings (SSSR count). The third kappa shape index (κ3) is 14.0. The number of fused-ring (bicyclic) bond motifs is 22. The van der Waals surface area contributed by atoms with E-state index < -0.39 is 0 Å². The average molecular weight is 1850 g/mol. The quantitative estimate of drug-likeness (QED) is 0.106. The van der Waals surface area contributed by atoms with E-state index in [1.165, 1.54) is 109 Å². The maximum Gasteiger partial charge on any atom is 0.137 e. The van der Waals surface area contributed by atoms with E-state index in [-0.39, 0.29) is 10.8 Å². The van der Waals surface area contributed by atoms with Crippen LogP contribution >= 0.6 is 0 Å². The van der Waals surface area contributed by atoms with Crippen LogP contribution in [0.25, 0.3) is 185 Å². The summed E-state index contributed by atoms with van der Waals surface area (Å²) in [7, 11) is 0. The second kappa shape index (κ2) is 33.0. The zero-order chi connectivity index (χ0) is 96.5. The third-order valence-electron chi connectivity index (χ3n) is 29.6. The summed E-state index contributed by atoms with van der Waals surface area (Å²) in [6, 6.07) is 166. The Balaban J connectivity index is 0.000000145. The highest BCUT2D eigenvalue weighted by atomic mass is 16.3. The Morgan fingerprint density at radius 2 is 0.479 bits per heavy atom. The summed E-state index contributed by atoms with van der Waals surface area (Å²) in [4.78, 5) is 9.26. The van der Waals surface area contributed by atoms with Gasteiger partial charge in [-0.15, -0.1) is 0 Å². The van der Waals surface area contributed by atoms with Gasteiger partial charge in [0.25, 0.3) is 0 Å². The van der Waals surface area contributed by atoms with E-state index in [4.69, 9.17) is 8.83 Å². The first kappa shape index (κ1) is 84.5. The summed E-state index contributed by atoms with van der Waals surface area (Å²) in [6.07, 6.45) is 0. The van der Waals surface area contributed by atoms with E-state index >= 15 is 0 Å². The molecular formula is C134H92N8O2. The van der Waals surface area contributed by atoms with E-state index in [0.717, 1.165) is 155 Å². The molecule has 0 spiro atoms. The van der Waals surface area contributed by atoms with Gasteiger partial charge in [-0.1, -0.05) is 236 Å². The molecule has 10 nitrogen and oxygen atoms in total. The molecule has 28 aromatic rings. The van der Waals surface area contributed by atoms with Crippen molar-refractivity contribution in [1.29, 1.82) is 10.5 Å². The lowest BCUT2D eigenvalue weighted by atomic mass is 9.86. The van der Waals surface area contributed by atoms with Gasteiger partial charge in [-0.2, -0.15) is 10.5 Å². The number of aromatic nitrogens is 2. The first-order valence-corrected chi connectivity index (χ1v) is 49.2. The fourth-order valence-electron chi connectivity index (χ4n) is 22.5. The molecular weight excluding hydrogens is 1750 g/mol. The Hall–Kier alpha value is -18.7. The summed E-state index contributed by atoms with van der Waals surface area (Å²) < 4.78 is 17.9. The topological polar surface area (TPSA) is 95.6 Å². The zero-order valence-electron chi connectivity index (χ0n) is 80.1. The predicted octanol–water partition coefficient (Wildman–Crippen LogP) is 37.6. The van der Waals surface area contributed by atoms with E-state index in [1.807, 2.05) is 72.8 Å². The molecule has 0 saturated heterocycles. The molecule has 6 aromatic heterocycles. The molecule has 0 aliphatic rings. The van der Waals surface area contributed by atoms with Crippen molar-refractivity contribution in [3.8, 4) is 34.4 Å². The molecule has 22 aromatic carbocycles. The summed E-state index contributed by atoms with van der Waals surface area (Å²) >= 11 is 0. The fourth-order valence-corrected chi connectivity index (χ4v) is 22.5. The lowest BCUT2D eigenvalue weighted by molar-refractivity contribution is 0.590. The molecule has 10 heteroatoms. The van der Waals surface area contributed by atoms with Crippen LogP contribution in [0, 0.1) is 22.7 Å². The molecule has 0 fully saturated rings. The first-order chi connectivity index (χ1) is 70.5. The number of hydrogen-bond acceptors (Lipinski definition) is 8. The average Bonchev–Trinajstić information content (AvgIpc) is 1.53. The van der Waals surface area contributed by atoms with Gasteiger partial charge in [0, 0.05) is 111 Å². The minimum atomic E-state index is 0.0585. The van der Waals surface area contributed by atoms with E-state index in [2.05, 4.69) is 458 Å². The summed E-state index contributed by atoms with van der Waals surface area (Å²) in [5.74, 6) is 0. The van der Waals surface area contributed by atoms with Gasteiger partial charge in [0.2, 0.25) is 0 Å². The number of nitrogens with zero attached hydrogens (tertiary/aromatic N) is 8. The Morgan fingerprint density at radius 1 is 0.208 bits per heavy atom. The summed E-state index contributed by atoms with van der Waals surface area (Å²) in [5, 5.41) is 42.7. The Morgan fingerprint density at radius 3 is 0.785 bits per heavy atom. The Bertz CT molecular complexity index is 9610. The van der Waals surface area contributed by atoms with Gasteiger partial charge in [-0.25, -0.2) is 0 Å². The molecule has 0 atom stereocenters. The minimum absolute atomic E-state index is 0.0585. The summed E-state index contributed by atoms with van der Waals surface area (Å²) in [6.45, 7) is 13.6. The van der Waals surface area contributed by atoms with Gasteiger partial charge in [0.15, 0.2) is 0 Å². The van der Waals surface area contributed by atoms with Crippen molar-refractivity contribution < 1.29 is 8.83 Å². The highest BCUT2D eigenvalue weighted by Crippen LogP contribution is 2.53. The standard InChI is InChI=1S/C72H49N3O2.C62H43N5/c1-72(2,3)50-32-28-44(29-33-50)49-40-59-57-38-45-30-34-53(73(51-16-6-4-7-17-51)61-22-14-26-67-69(61)55-20-10-12-24-65(55)76-67)36-47(45)42-63(57)75-64-43-48-37-54(35-31-46(48)39-58(64)60(41-49)71(59)75)74(52-18-8-5-9-19-52)62-23-15-27-68-70(62)56-21-11-13-25-66(56)77-68;1-62(2,3)48-22-18-42(19-23-48)47-34-57-55-32-43-20-28-53(65(49-10-6-4-7-11-49)51-24-14-40(38-63)15-25-51)30-45(43)36-59(55)67-60-37-46-31-54(29-21-44(46)33-56(60)58(35-47)61(57)67)66(50-12-8-5-9-13-50)52-26-16-41(39-64)17-27-52/h4-43H,1-3H3;4-37H,1-3H3. The lowest BCUT2D eigenvalue weighted by Gasteiger charge is -2.26. The number of nitriles is 2. The molecule has 0 amide bonds. The second-order valence-electron chi connectivity index (χ2n) is 40.3. The highest BCUT2D eigenvalue weighted by Gasteiger charge is 2.29. The monoisotopic (exact) mass is 1840 g/mol. The number of furan rings is 2. The second-order valence-corrected chi connectivity index (χ2v) is 40.3. The minimum Gasteiger partial charge on any atom is -0.456 e. The first-order valence-electron chi connectivity index (χ1n) is 49.2. The molecule has 0 bridgehead atoms. The van der Waals surface area contributed by atoms with Gasteiger partial charge in [0.05, 0.1) is 78.5 Å². The van der Waals surface area contributed by atoms with Crippen LogP contribution in [0.15, 0.2) is 458 Å². The number of para-hydroxylation sites is 6. The normalized spacial score (nSPS) is 12.1. The molecule has 0 N–H and O–H groups in total. The third-order valence-corrected chi connectivity index (χ3v) is 29.6. The van der Waals surface area contributed by atoms with Crippen LogP contribution < -0.4 is 19.6 Å². The van der Waals surface area contributed by atoms with E-state index in [9.17, 15) is 10.5 Å². The fraction of sp³-hybridized carbons (Fsp3) is 0.0597. The van der Waals surface area contributed by atoms with Crippen molar-refractivity contribution in [2.45, 2.75) is 52.4 Å². The molecule has 0 radical (unpaired) electrons. The lowest BCUT2D eigenvalue weighted by Crippen LogP contribution is -2.10. The molecule has 0 saturated carbocycles. The molecule has 6 heterocycles. The van der Waals surface area contributed by atoms with E-state index in [1.54, 1.807) is 0 Å². The number of hydrogen-bond donors (Lipinski definition) is 0. The van der Waals surface area contributed by atoms with Crippen LogP contribution in [-0.4, -0.2) is 8.80 Å². The van der Waals surface area contributed by atoms with Crippen LogP contribution in [0.4, 0.5) is 68.2 Å². The van der Waals surface area contributed by atoms with Crippen molar-refractivity contribution in [1.82, 2.24) is 8.80 Å². The van der Waals surface area contributed by atoms with Crippen LogP contribution in [0.1, 0.15) is 63.8 Å². The Labute approximate surface area is 831 Å². The number of benzene rings is 22. The smallest absolute Gasteiger partial charge is 0.137 e. The van der Waals surface area contributed by atoms with Crippen molar-refractivity contribution in [2.75, 3.05) is 19.6 Å². The van der Waals surface area contributed by atoms with Crippen molar-refractivity contribution in [3.05, 3.63) is 471 Å². The molecule has 0 aliphatic heterocycles. The van der Waals surface area contributed by atoms with Crippen molar-refractivity contribution >= 4 is 231 Å². The van der Waals surface area contributed by atoms with E-state index in [0.29, 0.717) is 11.1 Å². The van der Waals surface area contributed by atoms with Gasteiger partial charge in [-0.05, 0) is 342 Å². The van der Waals surface area contributed by atoms with Crippen LogP contribution in [0.5, 0.6) is 0 Å². The van der Waals surface area contributed by atoms with Crippen LogP contribution in [-0.2, 0) is 10.8 Å². The predicted molar refractivity (Wildman–Crippen MR) is 603 cm³/mol. The molecule has 144 heavy (non-hydrogen) atoms. The highest BCUT2D eigenvalue weighted by molar-refractivity contribution is 6.30. The van der Waals surface area contributed by atoms with Gasteiger partial charge in [0.1, 0.15) is 22.3 Å². The SMILES string of the molecule is CC(C)(C)c1ccc(-c2cc3c4cc5ccc(N(c6ccccc6)c6ccc(C#N)cc6)cc5cc4n4c5cc6cc(N(c7ccccc7)c7ccc(C#N)cc7)ccc6cc5c(c2)c34)cc1.CC(C)(C)c1ccc(-c2cc3c4cc5ccc(N(c6ccccc6)c6cccc7oc8ccccc8c67)cc5cc4n4c5cc6cc(N(c7ccccc7)c7cccc8oc9ccccc9c78)ccc6cc5c(c2)c34)cc1. The Kier molecular flexibility index (Phi) is 19.4. The molecule has 680 valence electrons.